The number of para-hydroxylation sites is 2. The summed E-state index contributed by atoms with van der Waals surface area (Å²) in [5.41, 5.74) is 3.63. The number of amides is 2. The average Bonchev–Trinajstić information content (AvgIpc) is 3.14. The van der Waals surface area contributed by atoms with E-state index < -0.39 is 0 Å². The molecule has 2 amide bonds. The molecule has 6 nitrogen and oxygen atoms in total. The number of piperazine rings is 1. The highest BCUT2D eigenvalue weighted by molar-refractivity contribution is 6.35. The largest absolute Gasteiger partial charge is 0.496 e. The molecule has 2 aliphatic heterocycles. The van der Waals surface area contributed by atoms with Gasteiger partial charge in [-0.2, -0.15) is 0 Å². The van der Waals surface area contributed by atoms with Crippen molar-refractivity contribution in [3.8, 4) is 5.75 Å². The van der Waals surface area contributed by atoms with E-state index in [1.807, 2.05) is 72.8 Å². The Hall–Kier alpha value is -4.06. The number of carbonyl (C=O) groups is 2. The molecule has 0 atom stereocenters. The Labute approximate surface area is 199 Å². The summed E-state index contributed by atoms with van der Waals surface area (Å²) in [6.07, 6.45) is 0. The van der Waals surface area contributed by atoms with Gasteiger partial charge in [0.15, 0.2) is 0 Å². The Morgan fingerprint density at radius 1 is 0.706 bits per heavy atom. The molecule has 0 unspecified atom stereocenters. The van der Waals surface area contributed by atoms with E-state index in [4.69, 9.17) is 4.74 Å². The second kappa shape index (κ2) is 9.43. The minimum absolute atomic E-state index is 0.241. The third-order valence-corrected chi connectivity index (χ3v) is 6.42. The van der Waals surface area contributed by atoms with E-state index in [1.54, 1.807) is 7.11 Å². The Kier molecular flexibility index (Phi) is 6.04. The summed E-state index contributed by atoms with van der Waals surface area (Å²) < 4.78 is 5.56. The summed E-state index contributed by atoms with van der Waals surface area (Å²) in [5.74, 6) is 0.0578. The predicted octanol–water partition coefficient (Wildman–Crippen LogP) is 3.80. The van der Waals surface area contributed by atoms with E-state index in [-0.39, 0.29) is 18.4 Å². The number of methoxy groups -OCH3 is 1. The molecule has 1 saturated heterocycles. The van der Waals surface area contributed by atoms with E-state index in [0.29, 0.717) is 35.7 Å². The van der Waals surface area contributed by atoms with Crippen molar-refractivity contribution in [1.82, 2.24) is 9.80 Å². The van der Waals surface area contributed by atoms with Crippen LogP contribution in [0.1, 0.15) is 11.1 Å². The Balaban J connectivity index is 1.49. The molecule has 0 bridgehead atoms. The molecule has 0 saturated carbocycles. The second-order valence-electron chi connectivity index (χ2n) is 8.42. The third-order valence-electron chi connectivity index (χ3n) is 6.42. The fourth-order valence-electron chi connectivity index (χ4n) is 4.69. The molecule has 2 aliphatic rings. The Morgan fingerprint density at radius 2 is 1.29 bits per heavy atom. The molecule has 1 fully saturated rings. The highest BCUT2D eigenvalue weighted by Gasteiger charge is 2.43. The summed E-state index contributed by atoms with van der Waals surface area (Å²) in [7, 11) is 1.58. The normalized spacial score (nSPS) is 16.4. The summed E-state index contributed by atoms with van der Waals surface area (Å²) in [6.45, 7) is 3.09. The van der Waals surface area contributed by atoms with Crippen LogP contribution in [-0.2, 0) is 16.1 Å². The first-order valence-electron chi connectivity index (χ1n) is 11.5. The van der Waals surface area contributed by atoms with Crippen LogP contribution in [0, 0.1) is 0 Å². The van der Waals surface area contributed by atoms with Gasteiger partial charge in [0, 0.05) is 37.4 Å². The molecule has 0 aromatic heterocycles. The van der Waals surface area contributed by atoms with E-state index in [9.17, 15) is 9.59 Å². The van der Waals surface area contributed by atoms with Crippen molar-refractivity contribution in [2.75, 3.05) is 38.2 Å². The topological polar surface area (TPSA) is 53.1 Å². The van der Waals surface area contributed by atoms with Crippen molar-refractivity contribution in [2.45, 2.75) is 6.54 Å². The minimum atomic E-state index is -0.279. The zero-order chi connectivity index (χ0) is 23.5. The number of benzene rings is 3. The molecule has 6 heteroatoms. The lowest BCUT2D eigenvalue weighted by Gasteiger charge is -2.37. The molecule has 5 rings (SSSR count). The lowest BCUT2D eigenvalue weighted by atomic mass is 10.0. The van der Waals surface area contributed by atoms with Gasteiger partial charge in [0.2, 0.25) is 0 Å². The standard InChI is InChI=1S/C28H27N3O3/c1-34-24-15-9-8-14-23(24)25-26(28(33)31(27(25)32)20-21-10-4-2-5-11-21)30-18-16-29(17-19-30)22-12-6-3-7-13-22/h2-15H,16-20H2,1H3. The maximum absolute atomic E-state index is 13.7. The van der Waals surface area contributed by atoms with Gasteiger partial charge in [-0.05, 0) is 23.8 Å². The molecule has 0 aliphatic carbocycles. The Bertz CT molecular complexity index is 1220. The quantitative estimate of drug-likeness (QED) is 0.532. The van der Waals surface area contributed by atoms with Gasteiger partial charge in [-0.1, -0.05) is 66.7 Å². The van der Waals surface area contributed by atoms with Crippen LogP contribution in [0.2, 0.25) is 0 Å². The van der Waals surface area contributed by atoms with Crippen LogP contribution < -0.4 is 9.64 Å². The monoisotopic (exact) mass is 453 g/mol. The third kappa shape index (κ3) is 4.03. The van der Waals surface area contributed by atoms with Crippen LogP contribution in [0.3, 0.4) is 0 Å². The van der Waals surface area contributed by atoms with E-state index in [2.05, 4.69) is 21.9 Å². The number of hydrogen-bond acceptors (Lipinski definition) is 5. The first-order valence-corrected chi connectivity index (χ1v) is 11.5. The number of imide groups is 1. The first kappa shape index (κ1) is 21.8. The molecule has 3 aromatic carbocycles. The fraction of sp³-hybridized carbons (Fsp3) is 0.214. The molecule has 2 heterocycles. The molecular formula is C28H27N3O3. The smallest absolute Gasteiger partial charge is 0.278 e. The Morgan fingerprint density at radius 3 is 1.97 bits per heavy atom. The lowest BCUT2D eigenvalue weighted by molar-refractivity contribution is -0.138. The molecule has 0 N–H and O–H groups in total. The fourth-order valence-corrected chi connectivity index (χ4v) is 4.69. The predicted molar refractivity (Wildman–Crippen MR) is 132 cm³/mol. The van der Waals surface area contributed by atoms with Crippen LogP contribution in [0.5, 0.6) is 5.75 Å². The van der Waals surface area contributed by atoms with E-state index >= 15 is 0 Å². The van der Waals surface area contributed by atoms with E-state index in [0.717, 1.165) is 18.7 Å². The molecular weight excluding hydrogens is 426 g/mol. The minimum Gasteiger partial charge on any atom is -0.496 e. The van der Waals surface area contributed by atoms with Crippen molar-refractivity contribution >= 4 is 23.1 Å². The van der Waals surface area contributed by atoms with Crippen molar-refractivity contribution in [3.05, 3.63) is 102 Å². The number of hydrogen-bond donors (Lipinski definition) is 0. The van der Waals surface area contributed by atoms with Gasteiger partial charge in [-0.15, -0.1) is 0 Å². The number of carbonyl (C=O) groups excluding carboxylic acids is 2. The first-order chi connectivity index (χ1) is 16.7. The number of nitrogens with zero attached hydrogens (tertiary/aromatic N) is 3. The number of anilines is 1. The van der Waals surface area contributed by atoms with Gasteiger partial charge in [0.05, 0.1) is 19.2 Å². The van der Waals surface area contributed by atoms with Crippen LogP contribution in [0.25, 0.3) is 5.57 Å². The van der Waals surface area contributed by atoms with Gasteiger partial charge in [-0.25, -0.2) is 0 Å². The van der Waals surface area contributed by atoms with Crippen molar-refractivity contribution < 1.29 is 14.3 Å². The van der Waals surface area contributed by atoms with Crippen LogP contribution in [0.4, 0.5) is 5.69 Å². The van der Waals surface area contributed by atoms with Gasteiger partial charge in [0.1, 0.15) is 11.4 Å². The maximum Gasteiger partial charge on any atom is 0.278 e. The molecule has 0 spiro atoms. The zero-order valence-corrected chi connectivity index (χ0v) is 19.2. The van der Waals surface area contributed by atoms with Crippen LogP contribution in [-0.4, -0.2) is 54.9 Å². The summed E-state index contributed by atoms with van der Waals surface area (Å²) >= 11 is 0. The van der Waals surface area contributed by atoms with Gasteiger partial charge < -0.3 is 14.5 Å². The highest BCUT2D eigenvalue weighted by Crippen LogP contribution is 2.37. The maximum atomic E-state index is 13.7. The van der Waals surface area contributed by atoms with Gasteiger partial charge in [-0.3, -0.25) is 14.5 Å². The number of rotatable bonds is 6. The lowest BCUT2D eigenvalue weighted by Crippen LogP contribution is -2.47. The van der Waals surface area contributed by atoms with Crippen molar-refractivity contribution in [2.24, 2.45) is 0 Å². The van der Waals surface area contributed by atoms with Crippen molar-refractivity contribution in [1.29, 1.82) is 0 Å². The average molecular weight is 454 g/mol. The highest BCUT2D eigenvalue weighted by atomic mass is 16.5. The van der Waals surface area contributed by atoms with E-state index in [1.165, 1.54) is 10.6 Å². The van der Waals surface area contributed by atoms with Crippen LogP contribution in [0.15, 0.2) is 90.6 Å². The SMILES string of the molecule is COc1ccccc1C1=C(N2CCN(c3ccccc3)CC2)C(=O)N(Cc2ccccc2)C1=O. The molecule has 172 valence electrons. The second-order valence-corrected chi connectivity index (χ2v) is 8.42. The van der Waals surface area contributed by atoms with Gasteiger partial charge in [0.25, 0.3) is 11.8 Å². The number of ether oxygens (including phenoxy) is 1. The van der Waals surface area contributed by atoms with Crippen molar-refractivity contribution in [3.63, 3.8) is 0 Å². The molecule has 0 radical (unpaired) electrons. The summed E-state index contributed by atoms with van der Waals surface area (Å²) in [4.78, 5) is 33.1. The summed E-state index contributed by atoms with van der Waals surface area (Å²) in [5, 5.41) is 0. The summed E-state index contributed by atoms with van der Waals surface area (Å²) in [6, 6.07) is 27.3. The van der Waals surface area contributed by atoms with Crippen LogP contribution >= 0.6 is 0 Å². The molecule has 34 heavy (non-hydrogen) atoms. The molecule has 3 aromatic rings. The zero-order valence-electron chi connectivity index (χ0n) is 19.2. The van der Waals surface area contributed by atoms with Gasteiger partial charge >= 0.3 is 0 Å².